The Morgan fingerprint density at radius 2 is 1.92 bits per heavy atom. The number of benzene rings is 1. The van der Waals surface area contributed by atoms with Crippen LogP contribution in [-0.2, 0) is 19.6 Å². The number of carboxylic acids is 1. The van der Waals surface area contributed by atoms with Crippen LogP contribution in [0.1, 0.15) is 23.2 Å². The molecule has 132 valence electrons. The van der Waals surface area contributed by atoms with Crippen molar-refractivity contribution in [1.82, 2.24) is 9.62 Å². The minimum Gasteiger partial charge on any atom is -0.480 e. The molecule has 8 nitrogen and oxygen atoms in total. The molecule has 0 unspecified atom stereocenters. The normalized spacial score (nSPS) is 14.4. The molecule has 2 N–H and O–H groups in total. The summed E-state index contributed by atoms with van der Waals surface area (Å²) in [6, 6.07) is 5.39. The van der Waals surface area contributed by atoms with Crippen molar-refractivity contribution in [2.45, 2.75) is 23.8 Å². The van der Waals surface area contributed by atoms with E-state index in [4.69, 9.17) is 9.84 Å². The summed E-state index contributed by atoms with van der Waals surface area (Å²) in [6.07, 6.45) is 1.57. The number of sulfonamides is 1. The molecular formula is C15H20N2O6S. The Morgan fingerprint density at radius 1 is 1.29 bits per heavy atom. The number of rotatable bonds is 9. The molecule has 1 amide bonds. The Hall–Kier alpha value is -1.97. The number of carboxylic acid groups (broad SMARTS) is 1. The van der Waals surface area contributed by atoms with E-state index in [1.807, 2.05) is 0 Å². The molecule has 0 aliphatic heterocycles. The zero-order chi connectivity index (χ0) is 17.7. The summed E-state index contributed by atoms with van der Waals surface area (Å²) in [4.78, 5) is 24.7. The van der Waals surface area contributed by atoms with Crippen LogP contribution in [0.5, 0.6) is 0 Å². The molecule has 0 bridgehead atoms. The zero-order valence-electron chi connectivity index (χ0n) is 13.3. The van der Waals surface area contributed by atoms with E-state index in [0.717, 1.165) is 12.8 Å². The molecule has 2 rings (SSSR count). The average Bonchev–Trinajstić information content (AvgIpc) is 3.37. The Balaban J connectivity index is 2.10. The Kier molecular flexibility index (Phi) is 5.92. The molecule has 0 aromatic heterocycles. The number of carbonyl (C=O) groups is 2. The summed E-state index contributed by atoms with van der Waals surface area (Å²) in [7, 11) is -2.20. The minimum atomic E-state index is -3.67. The molecule has 0 radical (unpaired) electrons. The molecule has 0 heterocycles. The van der Waals surface area contributed by atoms with Crippen LogP contribution in [0.15, 0.2) is 29.2 Å². The lowest BCUT2D eigenvalue weighted by Crippen LogP contribution is -2.37. The summed E-state index contributed by atoms with van der Waals surface area (Å²) in [5.74, 6) is -1.48. The van der Waals surface area contributed by atoms with Gasteiger partial charge in [0.15, 0.2) is 0 Å². The standard InChI is InChI=1S/C15H20N2O6S/c1-23-9-8-16-24(21,22)13-6-2-11(3-7-13)15(20)17(10-14(18)19)12-4-5-12/h2-3,6-7,12,16H,4-5,8-10H2,1H3,(H,18,19). The largest absolute Gasteiger partial charge is 0.480 e. The minimum absolute atomic E-state index is 0.0337. The van der Waals surface area contributed by atoms with E-state index in [-0.39, 0.29) is 36.2 Å². The van der Waals surface area contributed by atoms with Crippen LogP contribution < -0.4 is 4.72 Å². The average molecular weight is 356 g/mol. The van der Waals surface area contributed by atoms with Crippen molar-refractivity contribution in [3.8, 4) is 0 Å². The van der Waals surface area contributed by atoms with Gasteiger partial charge in [-0.25, -0.2) is 13.1 Å². The van der Waals surface area contributed by atoms with Crippen LogP contribution in [0.25, 0.3) is 0 Å². The second-order valence-corrected chi connectivity index (χ2v) is 7.24. The van der Waals surface area contributed by atoms with Gasteiger partial charge in [0.25, 0.3) is 5.91 Å². The first-order valence-corrected chi connectivity index (χ1v) is 8.95. The number of nitrogens with one attached hydrogen (secondary N) is 1. The first kappa shape index (κ1) is 18.4. The van der Waals surface area contributed by atoms with Crippen LogP contribution in [0, 0.1) is 0 Å². The molecular weight excluding hydrogens is 336 g/mol. The van der Waals surface area contributed by atoms with Gasteiger partial charge < -0.3 is 14.7 Å². The van der Waals surface area contributed by atoms with Crippen LogP contribution in [0.4, 0.5) is 0 Å². The van der Waals surface area contributed by atoms with Crippen molar-refractivity contribution in [3.05, 3.63) is 29.8 Å². The summed E-state index contributed by atoms with van der Waals surface area (Å²) < 4.78 is 31.3. The quantitative estimate of drug-likeness (QED) is 0.615. The lowest BCUT2D eigenvalue weighted by molar-refractivity contribution is -0.137. The Labute approximate surface area is 140 Å². The molecule has 1 saturated carbocycles. The molecule has 24 heavy (non-hydrogen) atoms. The number of hydrogen-bond donors (Lipinski definition) is 2. The monoisotopic (exact) mass is 356 g/mol. The van der Waals surface area contributed by atoms with E-state index in [1.54, 1.807) is 0 Å². The van der Waals surface area contributed by atoms with Crippen LogP contribution in [-0.4, -0.2) is 63.1 Å². The van der Waals surface area contributed by atoms with Gasteiger partial charge in [0, 0.05) is 25.3 Å². The van der Waals surface area contributed by atoms with Gasteiger partial charge in [0.1, 0.15) is 6.54 Å². The van der Waals surface area contributed by atoms with Crippen LogP contribution in [0.2, 0.25) is 0 Å². The molecule has 9 heteroatoms. The van der Waals surface area contributed by atoms with E-state index in [9.17, 15) is 18.0 Å². The maximum atomic E-state index is 12.4. The fourth-order valence-corrected chi connectivity index (χ4v) is 3.22. The van der Waals surface area contributed by atoms with Crippen molar-refractivity contribution >= 4 is 21.9 Å². The first-order chi connectivity index (χ1) is 11.3. The number of ether oxygens (including phenoxy) is 1. The highest BCUT2D eigenvalue weighted by Gasteiger charge is 2.34. The Morgan fingerprint density at radius 3 is 2.42 bits per heavy atom. The Bertz CT molecular complexity index is 697. The number of aliphatic carboxylic acids is 1. The van der Waals surface area contributed by atoms with Gasteiger partial charge in [0.05, 0.1) is 11.5 Å². The molecule has 0 atom stereocenters. The third-order valence-electron chi connectivity index (χ3n) is 3.56. The van der Waals surface area contributed by atoms with Gasteiger partial charge in [-0.15, -0.1) is 0 Å². The number of nitrogens with zero attached hydrogens (tertiary/aromatic N) is 1. The van der Waals surface area contributed by atoms with E-state index >= 15 is 0 Å². The maximum absolute atomic E-state index is 12.4. The van der Waals surface area contributed by atoms with E-state index in [2.05, 4.69) is 4.72 Å². The van der Waals surface area contributed by atoms with E-state index in [0.29, 0.717) is 0 Å². The number of hydrogen-bond acceptors (Lipinski definition) is 5. The van der Waals surface area contributed by atoms with Gasteiger partial charge in [0.2, 0.25) is 10.0 Å². The topological polar surface area (TPSA) is 113 Å². The fourth-order valence-electron chi connectivity index (χ4n) is 2.20. The fraction of sp³-hybridized carbons (Fsp3) is 0.467. The predicted molar refractivity (Wildman–Crippen MR) is 85.2 cm³/mol. The summed E-state index contributed by atoms with van der Waals surface area (Å²) >= 11 is 0. The molecule has 0 spiro atoms. The summed E-state index contributed by atoms with van der Waals surface area (Å²) in [5.41, 5.74) is 0.263. The van der Waals surface area contributed by atoms with E-state index in [1.165, 1.54) is 36.3 Å². The van der Waals surface area contributed by atoms with Crippen molar-refractivity contribution in [2.24, 2.45) is 0 Å². The molecule has 1 aromatic carbocycles. The van der Waals surface area contributed by atoms with Gasteiger partial charge in [-0.1, -0.05) is 0 Å². The van der Waals surface area contributed by atoms with Crippen molar-refractivity contribution in [2.75, 3.05) is 26.8 Å². The van der Waals surface area contributed by atoms with Crippen molar-refractivity contribution in [3.63, 3.8) is 0 Å². The maximum Gasteiger partial charge on any atom is 0.323 e. The first-order valence-electron chi connectivity index (χ1n) is 7.46. The second-order valence-electron chi connectivity index (χ2n) is 5.47. The highest BCUT2D eigenvalue weighted by atomic mass is 32.2. The van der Waals surface area contributed by atoms with Crippen molar-refractivity contribution in [1.29, 1.82) is 0 Å². The van der Waals surface area contributed by atoms with Gasteiger partial charge >= 0.3 is 5.97 Å². The third kappa shape index (κ3) is 4.76. The molecule has 1 aliphatic rings. The SMILES string of the molecule is COCCNS(=O)(=O)c1ccc(C(=O)N(CC(=O)O)C2CC2)cc1. The second kappa shape index (κ2) is 7.73. The number of amides is 1. The predicted octanol–water partition coefficient (Wildman–Crippen LogP) is 0.301. The van der Waals surface area contributed by atoms with Crippen LogP contribution >= 0.6 is 0 Å². The number of carbonyl (C=O) groups excluding carboxylic acids is 1. The van der Waals surface area contributed by atoms with E-state index < -0.39 is 21.9 Å². The molecule has 1 aliphatic carbocycles. The lowest BCUT2D eigenvalue weighted by Gasteiger charge is -2.20. The molecule has 0 saturated heterocycles. The van der Waals surface area contributed by atoms with Gasteiger partial charge in [-0.2, -0.15) is 0 Å². The highest BCUT2D eigenvalue weighted by Crippen LogP contribution is 2.28. The third-order valence-corrected chi connectivity index (χ3v) is 5.04. The molecule has 1 aromatic rings. The highest BCUT2D eigenvalue weighted by molar-refractivity contribution is 7.89. The zero-order valence-corrected chi connectivity index (χ0v) is 14.1. The van der Waals surface area contributed by atoms with Crippen LogP contribution in [0.3, 0.4) is 0 Å². The van der Waals surface area contributed by atoms with Crippen molar-refractivity contribution < 1.29 is 27.9 Å². The van der Waals surface area contributed by atoms with Gasteiger partial charge in [-0.3, -0.25) is 9.59 Å². The molecule has 1 fully saturated rings. The smallest absolute Gasteiger partial charge is 0.323 e. The number of methoxy groups -OCH3 is 1. The summed E-state index contributed by atoms with van der Waals surface area (Å²) in [6.45, 7) is 0.0387. The van der Waals surface area contributed by atoms with Gasteiger partial charge in [-0.05, 0) is 37.1 Å². The summed E-state index contributed by atoms with van der Waals surface area (Å²) in [5, 5.41) is 8.92. The lowest BCUT2D eigenvalue weighted by atomic mass is 10.2.